The van der Waals surface area contributed by atoms with Crippen molar-refractivity contribution >= 4 is 17.3 Å². The first-order valence-electron chi connectivity index (χ1n) is 11.1. The number of hydrogen-bond donors (Lipinski definition) is 1. The third-order valence-electron chi connectivity index (χ3n) is 6.38. The fraction of sp³-hybridized carbons (Fsp3) is 0.385. The van der Waals surface area contributed by atoms with Crippen LogP contribution >= 0.6 is 12.2 Å². The summed E-state index contributed by atoms with van der Waals surface area (Å²) in [7, 11) is 1.73. The van der Waals surface area contributed by atoms with E-state index in [1.54, 1.807) is 7.11 Å². The minimum Gasteiger partial charge on any atom is -0.383 e. The van der Waals surface area contributed by atoms with E-state index in [1.807, 2.05) is 18.3 Å². The van der Waals surface area contributed by atoms with Gasteiger partial charge in [-0.3, -0.25) is 4.98 Å². The predicted molar refractivity (Wildman–Crippen MR) is 133 cm³/mol. The third-order valence-corrected chi connectivity index (χ3v) is 6.73. The van der Waals surface area contributed by atoms with E-state index in [4.69, 9.17) is 17.0 Å². The second kappa shape index (κ2) is 9.04. The molecule has 0 unspecified atom stereocenters. The number of rotatable bonds is 6. The molecule has 2 atom stereocenters. The Morgan fingerprint density at radius 3 is 2.41 bits per heavy atom. The molecule has 0 aliphatic carbocycles. The number of nitrogens with one attached hydrogen (secondary N) is 1. The van der Waals surface area contributed by atoms with Crippen molar-refractivity contribution in [3.05, 3.63) is 81.9 Å². The van der Waals surface area contributed by atoms with Gasteiger partial charge in [0.2, 0.25) is 0 Å². The maximum atomic E-state index is 5.76. The van der Waals surface area contributed by atoms with Gasteiger partial charge in [-0.25, -0.2) is 0 Å². The summed E-state index contributed by atoms with van der Waals surface area (Å²) in [6.45, 7) is 12.3. The van der Waals surface area contributed by atoms with Crippen molar-refractivity contribution in [2.45, 2.75) is 46.7 Å². The van der Waals surface area contributed by atoms with Gasteiger partial charge in [-0.05, 0) is 81.7 Å². The summed E-state index contributed by atoms with van der Waals surface area (Å²) in [6.07, 6.45) is 1.84. The van der Waals surface area contributed by atoms with Crippen molar-refractivity contribution in [1.29, 1.82) is 0 Å². The Morgan fingerprint density at radius 1 is 1.06 bits per heavy atom. The molecule has 1 fully saturated rings. The van der Waals surface area contributed by atoms with Gasteiger partial charge in [0.25, 0.3) is 0 Å². The summed E-state index contributed by atoms with van der Waals surface area (Å²) in [6, 6.07) is 12.9. The highest BCUT2D eigenvalue weighted by Crippen LogP contribution is 2.41. The van der Waals surface area contributed by atoms with Crippen molar-refractivity contribution < 1.29 is 4.74 Å². The molecule has 0 radical (unpaired) electrons. The minimum absolute atomic E-state index is 0.0188. The van der Waals surface area contributed by atoms with Gasteiger partial charge in [0, 0.05) is 31.2 Å². The molecule has 0 bridgehead atoms. The molecule has 6 heteroatoms. The highest BCUT2D eigenvalue weighted by atomic mass is 32.1. The molecule has 1 saturated heterocycles. The van der Waals surface area contributed by atoms with Crippen LogP contribution in [0.4, 0.5) is 0 Å². The number of methoxy groups -OCH3 is 1. The molecule has 0 spiro atoms. The van der Waals surface area contributed by atoms with E-state index in [-0.39, 0.29) is 12.1 Å². The van der Waals surface area contributed by atoms with E-state index in [2.05, 4.69) is 78.7 Å². The number of hydrogen-bond acceptors (Lipinski definition) is 3. The topological polar surface area (TPSA) is 42.3 Å². The Bertz CT molecular complexity index is 1120. The van der Waals surface area contributed by atoms with Crippen molar-refractivity contribution in [2.75, 3.05) is 20.3 Å². The molecule has 3 heterocycles. The first-order chi connectivity index (χ1) is 15.3. The number of ether oxygens (including phenoxy) is 1. The van der Waals surface area contributed by atoms with Crippen molar-refractivity contribution in [3.8, 4) is 5.69 Å². The molecule has 5 nitrogen and oxygen atoms in total. The monoisotopic (exact) mass is 448 g/mol. The summed E-state index contributed by atoms with van der Waals surface area (Å²) in [5.41, 5.74) is 9.84. The largest absolute Gasteiger partial charge is 0.383 e. The van der Waals surface area contributed by atoms with E-state index in [9.17, 15) is 0 Å². The average Bonchev–Trinajstić information content (AvgIpc) is 3.22. The molecule has 168 valence electrons. The first kappa shape index (κ1) is 22.5. The molecule has 1 aliphatic heterocycles. The Kier molecular flexibility index (Phi) is 6.35. The Hall–Kier alpha value is -2.70. The lowest BCUT2D eigenvalue weighted by molar-refractivity contribution is 0.164. The SMILES string of the molecule is COCCN1C(=S)N[C@@H](c2ccccn2)[C@H]1c1cc(C)n(-c2c(C)cc(C)cc2C)c1C. The van der Waals surface area contributed by atoms with Crippen LogP contribution < -0.4 is 5.32 Å². The maximum Gasteiger partial charge on any atom is 0.170 e. The van der Waals surface area contributed by atoms with Crippen LogP contribution in [-0.4, -0.2) is 39.8 Å². The van der Waals surface area contributed by atoms with Gasteiger partial charge in [-0.1, -0.05) is 23.8 Å². The Labute approximate surface area is 196 Å². The summed E-state index contributed by atoms with van der Waals surface area (Å²) in [4.78, 5) is 6.90. The molecule has 32 heavy (non-hydrogen) atoms. The second-order valence-corrected chi connectivity index (χ2v) is 9.11. The predicted octanol–water partition coefficient (Wildman–Crippen LogP) is 5.03. The van der Waals surface area contributed by atoms with Gasteiger partial charge < -0.3 is 19.5 Å². The van der Waals surface area contributed by atoms with E-state index in [0.29, 0.717) is 6.61 Å². The van der Waals surface area contributed by atoms with Gasteiger partial charge in [0.05, 0.1) is 30.1 Å². The first-order valence-corrected chi connectivity index (χ1v) is 11.5. The fourth-order valence-corrected chi connectivity index (χ4v) is 5.46. The third kappa shape index (κ3) is 3.93. The zero-order chi connectivity index (χ0) is 23.0. The normalized spacial score (nSPS) is 18.3. The number of aromatic nitrogens is 2. The van der Waals surface area contributed by atoms with Gasteiger partial charge in [0.15, 0.2) is 5.11 Å². The lowest BCUT2D eigenvalue weighted by Crippen LogP contribution is -2.32. The van der Waals surface area contributed by atoms with Crippen LogP contribution in [0.1, 0.15) is 51.4 Å². The molecule has 4 rings (SSSR count). The number of benzene rings is 1. The van der Waals surface area contributed by atoms with Crippen molar-refractivity contribution in [1.82, 2.24) is 19.8 Å². The molecule has 1 aliphatic rings. The second-order valence-electron chi connectivity index (χ2n) is 8.72. The van der Waals surface area contributed by atoms with Crippen LogP contribution in [0.15, 0.2) is 42.6 Å². The fourth-order valence-electron chi connectivity index (χ4n) is 5.13. The van der Waals surface area contributed by atoms with Crippen LogP contribution in [0.5, 0.6) is 0 Å². The lowest BCUT2D eigenvalue weighted by atomic mass is 9.96. The molecule has 1 N–H and O–H groups in total. The van der Waals surface area contributed by atoms with E-state index in [0.717, 1.165) is 17.4 Å². The zero-order valence-electron chi connectivity index (χ0n) is 19.8. The standard InChI is InChI=1S/C26H32N4OS/c1-16-13-17(2)24(18(3)14-16)30-19(4)15-21(20(30)5)25-23(22-9-7-8-10-27-22)28-26(32)29(25)11-12-31-6/h7-10,13-15,23,25H,11-12H2,1-6H3,(H,28,32)/t23-,25+/m0/s1. The maximum absolute atomic E-state index is 5.76. The van der Waals surface area contributed by atoms with E-state index in [1.165, 1.54) is 39.3 Å². The summed E-state index contributed by atoms with van der Waals surface area (Å²) < 4.78 is 7.79. The Morgan fingerprint density at radius 2 is 1.78 bits per heavy atom. The van der Waals surface area contributed by atoms with E-state index < -0.39 is 0 Å². The number of pyridine rings is 1. The number of nitrogens with zero attached hydrogens (tertiary/aromatic N) is 3. The average molecular weight is 449 g/mol. The van der Waals surface area contributed by atoms with Crippen LogP contribution in [0.3, 0.4) is 0 Å². The number of aryl methyl sites for hydroxylation is 4. The highest BCUT2D eigenvalue weighted by Gasteiger charge is 2.41. The Balaban J connectivity index is 1.86. The van der Waals surface area contributed by atoms with Gasteiger partial charge >= 0.3 is 0 Å². The lowest BCUT2D eigenvalue weighted by Gasteiger charge is -2.28. The summed E-state index contributed by atoms with van der Waals surface area (Å²) >= 11 is 5.76. The molecular formula is C26H32N4OS. The highest BCUT2D eigenvalue weighted by molar-refractivity contribution is 7.80. The van der Waals surface area contributed by atoms with Gasteiger partial charge in [-0.15, -0.1) is 0 Å². The van der Waals surface area contributed by atoms with Crippen LogP contribution in [0.25, 0.3) is 5.69 Å². The minimum atomic E-state index is -0.0188. The zero-order valence-corrected chi connectivity index (χ0v) is 20.6. The van der Waals surface area contributed by atoms with E-state index >= 15 is 0 Å². The smallest absolute Gasteiger partial charge is 0.170 e. The van der Waals surface area contributed by atoms with Crippen LogP contribution in [0, 0.1) is 34.6 Å². The molecule has 0 saturated carbocycles. The van der Waals surface area contributed by atoms with Crippen LogP contribution in [0.2, 0.25) is 0 Å². The quantitative estimate of drug-likeness (QED) is 0.536. The number of thiocarbonyl (C=S) groups is 1. The van der Waals surface area contributed by atoms with Crippen molar-refractivity contribution in [2.24, 2.45) is 0 Å². The summed E-state index contributed by atoms with van der Waals surface area (Å²) in [5.74, 6) is 0. The van der Waals surface area contributed by atoms with Gasteiger partial charge in [0.1, 0.15) is 0 Å². The molecule has 1 aromatic carbocycles. The molecule has 0 amide bonds. The molecular weight excluding hydrogens is 416 g/mol. The summed E-state index contributed by atoms with van der Waals surface area (Å²) in [5, 5.41) is 4.28. The van der Waals surface area contributed by atoms with Crippen molar-refractivity contribution in [3.63, 3.8) is 0 Å². The van der Waals surface area contributed by atoms with Gasteiger partial charge in [-0.2, -0.15) is 0 Å². The van der Waals surface area contributed by atoms with Crippen LogP contribution in [-0.2, 0) is 4.74 Å². The molecule has 2 aromatic heterocycles. The molecule has 3 aromatic rings.